The van der Waals surface area contributed by atoms with E-state index in [-0.39, 0.29) is 10.8 Å². The maximum Gasteiger partial charge on any atom is 0.184 e. The van der Waals surface area contributed by atoms with Crippen LogP contribution in [0.2, 0.25) is 0 Å². The normalized spacial score (nSPS) is 31.5. The van der Waals surface area contributed by atoms with Crippen LogP contribution in [0.4, 0.5) is 0 Å². The van der Waals surface area contributed by atoms with Crippen LogP contribution in [-0.2, 0) is 15.3 Å². The van der Waals surface area contributed by atoms with Crippen LogP contribution in [0.3, 0.4) is 0 Å². The van der Waals surface area contributed by atoms with Crippen LogP contribution in [0, 0.1) is 12.3 Å². The van der Waals surface area contributed by atoms with E-state index in [2.05, 4.69) is 24.1 Å². The Morgan fingerprint density at radius 3 is 2.62 bits per heavy atom. The molecule has 0 radical (unpaired) electrons. The molecule has 3 atom stereocenters. The van der Waals surface area contributed by atoms with E-state index in [1.54, 1.807) is 23.5 Å². The lowest BCUT2D eigenvalue weighted by Gasteiger charge is -2.29. The molecule has 2 aliphatic carbocycles. The second kappa shape index (κ2) is 5.17. The van der Waals surface area contributed by atoms with Crippen LogP contribution < -0.4 is 0 Å². The van der Waals surface area contributed by atoms with Gasteiger partial charge in [0, 0.05) is 15.7 Å². The largest absolute Gasteiger partial charge is 0.223 e. The van der Waals surface area contributed by atoms with E-state index in [1.807, 2.05) is 37.3 Å². The summed E-state index contributed by atoms with van der Waals surface area (Å²) in [6, 6.07) is 11.3. The van der Waals surface area contributed by atoms with Crippen molar-refractivity contribution < 1.29 is 8.42 Å². The van der Waals surface area contributed by atoms with Gasteiger partial charge in [0.1, 0.15) is 0 Å². The number of hydrogen-bond donors (Lipinski definition) is 0. The van der Waals surface area contributed by atoms with Gasteiger partial charge < -0.3 is 0 Å². The van der Waals surface area contributed by atoms with Crippen molar-refractivity contribution in [2.24, 2.45) is 5.41 Å². The predicted octanol–water partition coefficient (Wildman–Crippen LogP) is 4.67. The molecule has 0 N–H and O–H groups in total. The molecule has 0 amide bonds. The zero-order valence-electron chi connectivity index (χ0n) is 13.6. The van der Waals surface area contributed by atoms with Gasteiger partial charge in [-0.15, -0.1) is 17.9 Å². The van der Waals surface area contributed by atoms with Crippen molar-refractivity contribution in [3.63, 3.8) is 0 Å². The molecule has 0 bridgehead atoms. The van der Waals surface area contributed by atoms with Gasteiger partial charge in [-0.1, -0.05) is 42.0 Å². The molecule has 1 aromatic heterocycles. The third kappa shape index (κ3) is 2.09. The smallest absolute Gasteiger partial charge is 0.184 e. The van der Waals surface area contributed by atoms with Crippen molar-refractivity contribution in [1.29, 1.82) is 0 Å². The molecular formula is C20H20O2S2. The van der Waals surface area contributed by atoms with Crippen LogP contribution in [0.1, 0.15) is 23.3 Å². The lowest BCUT2D eigenvalue weighted by molar-refractivity contribution is 0.514. The van der Waals surface area contributed by atoms with Crippen molar-refractivity contribution in [1.82, 2.24) is 0 Å². The highest BCUT2D eigenvalue weighted by molar-refractivity contribution is 7.92. The summed E-state index contributed by atoms with van der Waals surface area (Å²) in [6.07, 6.45) is 7.56. The molecular weight excluding hydrogens is 336 g/mol. The molecule has 2 nitrogen and oxygen atoms in total. The Morgan fingerprint density at radius 1 is 1.25 bits per heavy atom. The fraction of sp³-hybridized carbons (Fsp3) is 0.300. The molecule has 4 rings (SSSR count). The number of aryl methyl sites for hydroxylation is 1. The highest BCUT2D eigenvalue weighted by Gasteiger charge is 2.68. The summed E-state index contributed by atoms with van der Waals surface area (Å²) in [5, 5.41) is 1.59. The summed E-state index contributed by atoms with van der Waals surface area (Å²) in [6.45, 7) is 5.98. The number of allylic oxidation sites excluding steroid dienone is 2. The Balaban J connectivity index is 1.74. The van der Waals surface area contributed by atoms with Crippen molar-refractivity contribution in [2.75, 3.05) is 0 Å². The summed E-state index contributed by atoms with van der Waals surface area (Å²) >= 11 is 1.72. The summed E-state index contributed by atoms with van der Waals surface area (Å²) < 4.78 is 26.2. The van der Waals surface area contributed by atoms with Crippen LogP contribution >= 0.6 is 11.3 Å². The lowest BCUT2D eigenvalue weighted by Crippen LogP contribution is -2.31. The monoisotopic (exact) mass is 356 g/mol. The molecule has 1 heterocycles. The SMILES string of the molecule is C=CC12C=CC(S(=O)(=O)c3ccc(C)cc3)C[C@]1(c1cccs1)C2. The van der Waals surface area contributed by atoms with Gasteiger partial charge in [-0.2, -0.15) is 0 Å². The molecule has 1 aromatic carbocycles. The standard InChI is InChI=1S/C20H20O2S2/c1-3-19-11-10-17(13-20(19,14-19)18-5-4-12-23-18)24(21,22)16-8-6-15(2)7-9-16/h3-12,17H,1,13-14H2,2H3/t17?,19?,20-/m1/s1. The molecule has 2 unspecified atom stereocenters. The van der Waals surface area contributed by atoms with Crippen molar-refractivity contribution >= 4 is 21.2 Å². The summed E-state index contributed by atoms with van der Waals surface area (Å²) in [4.78, 5) is 1.69. The highest BCUT2D eigenvalue weighted by Crippen LogP contribution is 2.71. The maximum atomic E-state index is 13.1. The molecule has 0 aliphatic heterocycles. The molecule has 0 saturated heterocycles. The minimum atomic E-state index is -3.37. The van der Waals surface area contributed by atoms with E-state index < -0.39 is 15.1 Å². The number of fused-ring (bicyclic) bond motifs is 1. The van der Waals surface area contributed by atoms with E-state index in [0.29, 0.717) is 11.3 Å². The number of sulfone groups is 1. The first-order chi connectivity index (χ1) is 11.4. The molecule has 1 saturated carbocycles. The Bertz CT molecular complexity index is 907. The zero-order valence-corrected chi connectivity index (χ0v) is 15.2. The van der Waals surface area contributed by atoms with Crippen LogP contribution in [0.5, 0.6) is 0 Å². The third-order valence-corrected chi connectivity index (χ3v) is 8.75. The number of benzene rings is 1. The quantitative estimate of drug-likeness (QED) is 0.746. The van der Waals surface area contributed by atoms with Crippen LogP contribution in [0.25, 0.3) is 0 Å². The lowest BCUT2D eigenvalue weighted by atomic mass is 9.83. The average molecular weight is 357 g/mol. The first kappa shape index (κ1) is 15.9. The van der Waals surface area contributed by atoms with E-state index in [4.69, 9.17) is 0 Å². The Kier molecular flexibility index (Phi) is 3.42. The summed E-state index contributed by atoms with van der Waals surface area (Å²) in [5.41, 5.74) is 0.896. The number of rotatable bonds is 4. The molecule has 4 heteroatoms. The zero-order chi connectivity index (χ0) is 17.0. The van der Waals surface area contributed by atoms with Crippen LogP contribution in [-0.4, -0.2) is 13.7 Å². The molecule has 124 valence electrons. The minimum Gasteiger partial charge on any atom is -0.223 e. The summed E-state index contributed by atoms with van der Waals surface area (Å²) in [5.74, 6) is 0. The Hall–Kier alpha value is -1.65. The van der Waals surface area contributed by atoms with Gasteiger partial charge in [-0.05, 0) is 43.3 Å². The van der Waals surface area contributed by atoms with E-state index in [9.17, 15) is 8.42 Å². The first-order valence-corrected chi connectivity index (χ1v) is 10.5. The molecule has 24 heavy (non-hydrogen) atoms. The highest BCUT2D eigenvalue weighted by atomic mass is 32.2. The fourth-order valence-corrected chi connectivity index (χ4v) is 6.73. The molecule has 1 fully saturated rings. The third-order valence-electron chi connectivity index (χ3n) is 5.62. The van der Waals surface area contributed by atoms with Gasteiger partial charge >= 0.3 is 0 Å². The molecule has 0 spiro atoms. The van der Waals surface area contributed by atoms with E-state index >= 15 is 0 Å². The van der Waals surface area contributed by atoms with Gasteiger partial charge in [0.15, 0.2) is 9.84 Å². The van der Waals surface area contributed by atoms with Gasteiger partial charge in [0.25, 0.3) is 0 Å². The van der Waals surface area contributed by atoms with Gasteiger partial charge in [-0.25, -0.2) is 8.42 Å². The predicted molar refractivity (Wildman–Crippen MR) is 99.2 cm³/mol. The van der Waals surface area contributed by atoms with Gasteiger partial charge in [-0.3, -0.25) is 0 Å². The minimum absolute atomic E-state index is 0.0723. The second-order valence-electron chi connectivity index (χ2n) is 6.94. The maximum absolute atomic E-state index is 13.1. The number of hydrogen-bond acceptors (Lipinski definition) is 3. The van der Waals surface area contributed by atoms with Crippen molar-refractivity contribution in [2.45, 2.75) is 35.3 Å². The van der Waals surface area contributed by atoms with E-state index in [0.717, 1.165) is 12.0 Å². The van der Waals surface area contributed by atoms with Gasteiger partial charge in [0.05, 0.1) is 10.1 Å². The topological polar surface area (TPSA) is 34.1 Å². The fourth-order valence-electron chi connectivity index (χ4n) is 4.05. The Labute approximate surface area is 147 Å². The molecule has 2 aromatic rings. The van der Waals surface area contributed by atoms with Crippen molar-refractivity contribution in [3.8, 4) is 0 Å². The van der Waals surface area contributed by atoms with Crippen LogP contribution in [0.15, 0.2) is 71.5 Å². The first-order valence-electron chi connectivity index (χ1n) is 8.11. The average Bonchev–Trinajstić information content (AvgIpc) is 2.95. The Morgan fingerprint density at radius 2 is 2.00 bits per heavy atom. The second-order valence-corrected chi connectivity index (χ2v) is 10.1. The molecule has 2 aliphatic rings. The summed E-state index contributed by atoms with van der Waals surface area (Å²) in [7, 11) is -3.37. The van der Waals surface area contributed by atoms with E-state index in [1.165, 1.54) is 4.88 Å². The van der Waals surface area contributed by atoms with Crippen molar-refractivity contribution in [3.05, 3.63) is 77.0 Å². The number of thiophene rings is 1. The van der Waals surface area contributed by atoms with Gasteiger partial charge in [0.2, 0.25) is 0 Å².